The summed E-state index contributed by atoms with van der Waals surface area (Å²) in [6, 6.07) is 24.8. The monoisotopic (exact) mass is 466 g/mol. The first kappa shape index (κ1) is 24.7. The van der Waals surface area contributed by atoms with E-state index in [2.05, 4.69) is 30.3 Å². The van der Waals surface area contributed by atoms with Gasteiger partial charge in [-0.2, -0.15) is 5.26 Å². The maximum Gasteiger partial charge on any atom is 0.488 e. The Hall–Kier alpha value is -3.40. The van der Waals surface area contributed by atoms with Gasteiger partial charge in [-0.25, -0.2) is 0 Å². The Kier molecular flexibility index (Phi) is 8.36. The number of rotatable bonds is 8. The fourth-order valence-electron chi connectivity index (χ4n) is 4.80. The Morgan fingerprint density at radius 2 is 1.51 bits per heavy atom. The molecule has 35 heavy (non-hydrogen) atoms. The summed E-state index contributed by atoms with van der Waals surface area (Å²) < 4.78 is 0. The fourth-order valence-corrected chi connectivity index (χ4v) is 4.80. The lowest BCUT2D eigenvalue weighted by atomic mass is 9.80. The van der Waals surface area contributed by atoms with E-state index in [1.807, 2.05) is 12.1 Å². The molecule has 0 unspecified atom stereocenters. The molecule has 1 aliphatic rings. The van der Waals surface area contributed by atoms with E-state index in [0.29, 0.717) is 36.3 Å². The van der Waals surface area contributed by atoms with Gasteiger partial charge in [0.25, 0.3) is 0 Å². The van der Waals surface area contributed by atoms with Gasteiger partial charge in [0.05, 0.1) is 18.2 Å². The fraction of sp³-hybridized carbons (Fsp3) is 0.310. The van der Waals surface area contributed by atoms with E-state index in [4.69, 9.17) is 5.26 Å². The molecule has 0 atom stereocenters. The number of carbonyl (C=O) groups is 1. The van der Waals surface area contributed by atoms with Crippen molar-refractivity contribution in [2.45, 2.75) is 57.4 Å². The molecule has 0 saturated heterocycles. The second-order valence-electron chi connectivity index (χ2n) is 9.33. The van der Waals surface area contributed by atoms with Gasteiger partial charge in [-0.15, -0.1) is 0 Å². The molecule has 3 aromatic rings. The van der Waals surface area contributed by atoms with Crippen LogP contribution < -0.4 is 10.4 Å². The Bertz CT molecular complexity index is 1150. The summed E-state index contributed by atoms with van der Waals surface area (Å²) in [4.78, 5) is 15.1. The number of nitriles is 1. The smallest absolute Gasteiger partial charge is 0.423 e. The van der Waals surface area contributed by atoms with Crippen LogP contribution in [-0.4, -0.2) is 23.1 Å². The van der Waals surface area contributed by atoms with Crippen LogP contribution in [0.5, 0.6) is 0 Å². The highest BCUT2D eigenvalue weighted by molar-refractivity contribution is 6.58. The highest BCUT2D eigenvalue weighted by Crippen LogP contribution is 2.32. The molecule has 1 aliphatic carbocycles. The Labute approximate surface area is 207 Å². The Balaban J connectivity index is 1.50. The van der Waals surface area contributed by atoms with E-state index in [9.17, 15) is 14.8 Å². The number of amides is 1. The molecule has 1 fully saturated rings. The van der Waals surface area contributed by atoms with Crippen molar-refractivity contribution in [2.24, 2.45) is 0 Å². The molecule has 0 radical (unpaired) electrons. The standard InChI is InChI=1S/C29H31BN2O3/c31-20-23-8-6-22(7-9-23)12-19-29(33)32(28-17-15-27(16-18-28)30(34)35)21-24-10-13-26(14-11-24)25-4-2-1-3-5-25/h6-11,13-18,25,34-35H,1-5,12,19,21H2. The van der Waals surface area contributed by atoms with Crippen LogP contribution in [-0.2, 0) is 17.8 Å². The van der Waals surface area contributed by atoms with Crippen molar-refractivity contribution in [1.82, 2.24) is 0 Å². The number of aryl methyl sites for hydroxylation is 1. The molecule has 0 heterocycles. The number of hydrogen-bond acceptors (Lipinski definition) is 4. The Morgan fingerprint density at radius 3 is 2.11 bits per heavy atom. The van der Waals surface area contributed by atoms with Crippen molar-refractivity contribution in [3.8, 4) is 6.07 Å². The largest absolute Gasteiger partial charge is 0.488 e. The van der Waals surface area contributed by atoms with Crippen LogP contribution in [0.25, 0.3) is 0 Å². The van der Waals surface area contributed by atoms with E-state index in [1.165, 1.54) is 37.7 Å². The van der Waals surface area contributed by atoms with Crippen LogP contribution in [0.3, 0.4) is 0 Å². The predicted octanol–water partition coefficient (Wildman–Crippen LogP) is 4.45. The minimum Gasteiger partial charge on any atom is -0.423 e. The number of anilines is 1. The number of carbonyl (C=O) groups excluding carboxylic acids is 1. The molecule has 6 heteroatoms. The summed E-state index contributed by atoms with van der Waals surface area (Å²) >= 11 is 0. The van der Waals surface area contributed by atoms with Crippen LogP contribution in [0.15, 0.2) is 72.8 Å². The summed E-state index contributed by atoms with van der Waals surface area (Å²) in [6.45, 7) is 0.443. The molecular formula is C29H31BN2O3. The van der Waals surface area contributed by atoms with E-state index >= 15 is 0 Å². The average Bonchev–Trinajstić information content (AvgIpc) is 2.91. The maximum absolute atomic E-state index is 13.4. The van der Waals surface area contributed by atoms with Crippen molar-refractivity contribution in [3.05, 3.63) is 95.1 Å². The van der Waals surface area contributed by atoms with Gasteiger partial charge in [-0.3, -0.25) is 4.79 Å². The van der Waals surface area contributed by atoms with Crippen molar-refractivity contribution < 1.29 is 14.8 Å². The molecule has 4 rings (SSSR count). The maximum atomic E-state index is 13.4. The lowest BCUT2D eigenvalue weighted by Gasteiger charge is -2.25. The van der Waals surface area contributed by atoms with Gasteiger partial charge in [0.2, 0.25) is 5.91 Å². The van der Waals surface area contributed by atoms with Crippen LogP contribution in [0.1, 0.15) is 66.7 Å². The molecular weight excluding hydrogens is 435 g/mol. The van der Waals surface area contributed by atoms with Crippen molar-refractivity contribution in [3.63, 3.8) is 0 Å². The first-order chi connectivity index (χ1) is 17.0. The van der Waals surface area contributed by atoms with Crippen LogP contribution >= 0.6 is 0 Å². The molecule has 178 valence electrons. The molecule has 0 aromatic heterocycles. The number of hydrogen-bond donors (Lipinski definition) is 2. The third kappa shape index (κ3) is 6.60. The number of nitrogens with zero attached hydrogens (tertiary/aromatic N) is 2. The molecule has 3 aromatic carbocycles. The van der Waals surface area contributed by atoms with E-state index in [-0.39, 0.29) is 5.91 Å². The average molecular weight is 466 g/mol. The molecule has 2 N–H and O–H groups in total. The summed E-state index contributed by atoms with van der Waals surface area (Å²) in [5, 5.41) is 27.9. The van der Waals surface area contributed by atoms with Gasteiger partial charge in [0.1, 0.15) is 0 Å². The highest BCUT2D eigenvalue weighted by Gasteiger charge is 2.19. The van der Waals surface area contributed by atoms with Crippen LogP contribution in [0.2, 0.25) is 0 Å². The Morgan fingerprint density at radius 1 is 0.886 bits per heavy atom. The predicted molar refractivity (Wildman–Crippen MR) is 139 cm³/mol. The minimum absolute atomic E-state index is 0.0111. The van der Waals surface area contributed by atoms with Crippen molar-refractivity contribution in [1.29, 1.82) is 5.26 Å². The zero-order chi connectivity index (χ0) is 24.6. The SMILES string of the molecule is N#Cc1ccc(CCC(=O)N(Cc2ccc(C3CCCCC3)cc2)c2ccc(B(O)O)cc2)cc1. The van der Waals surface area contributed by atoms with Gasteiger partial charge in [0, 0.05) is 12.1 Å². The normalized spacial score (nSPS) is 13.7. The second-order valence-corrected chi connectivity index (χ2v) is 9.33. The summed E-state index contributed by atoms with van der Waals surface area (Å²) in [5.41, 5.74) is 5.15. The van der Waals surface area contributed by atoms with E-state index in [0.717, 1.165) is 16.8 Å². The molecule has 0 aliphatic heterocycles. The van der Waals surface area contributed by atoms with Crippen LogP contribution in [0, 0.1) is 11.3 Å². The van der Waals surface area contributed by atoms with E-state index in [1.54, 1.807) is 41.3 Å². The van der Waals surface area contributed by atoms with Gasteiger partial charge < -0.3 is 14.9 Å². The summed E-state index contributed by atoms with van der Waals surface area (Å²) in [6.07, 6.45) is 7.34. The molecule has 0 bridgehead atoms. The molecule has 1 saturated carbocycles. The quantitative estimate of drug-likeness (QED) is 0.481. The van der Waals surface area contributed by atoms with Gasteiger partial charge in [0.15, 0.2) is 0 Å². The zero-order valence-electron chi connectivity index (χ0n) is 19.9. The lowest BCUT2D eigenvalue weighted by Crippen LogP contribution is -2.32. The first-order valence-electron chi connectivity index (χ1n) is 12.4. The number of benzene rings is 3. The zero-order valence-corrected chi connectivity index (χ0v) is 19.9. The van der Waals surface area contributed by atoms with E-state index < -0.39 is 7.12 Å². The molecule has 5 nitrogen and oxygen atoms in total. The highest BCUT2D eigenvalue weighted by atomic mass is 16.4. The second kappa shape index (κ2) is 11.8. The van der Waals surface area contributed by atoms with Gasteiger partial charge in [-0.1, -0.05) is 67.8 Å². The van der Waals surface area contributed by atoms with Gasteiger partial charge in [-0.05, 0) is 71.6 Å². The van der Waals surface area contributed by atoms with Gasteiger partial charge >= 0.3 is 7.12 Å². The topological polar surface area (TPSA) is 84.6 Å². The van der Waals surface area contributed by atoms with Crippen molar-refractivity contribution >= 4 is 24.2 Å². The summed E-state index contributed by atoms with van der Waals surface area (Å²) in [5.74, 6) is 0.628. The van der Waals surface area contributed by atoms with Crippen LogP contribution in [0.4, 0.5) is 5.69 Å². The lowest BCUT2D eigenvalue weighted by molar-refractivity contribution is -0.118. The molecule has 1 amide bonds. The molecule has 0 spiro atoms. The summed E-state index contributed by atoms with van der Waals surface area (Å²) in [7, 11) is -1.54. The third-order valence-corrected chi connectivity index (χ3v) is 6.91. The third-order valence-electron chi connectivity index (χ3n) is 6.91. The first-order valence-corrected chi connectivity index (χ1v) is 12.4. The minimum atomic E-state index is -1.54. The van der Waals surface area contributed by atoms with Crippen molar-refractivity contribution in [2.75, 3.05) is 4.90 Å².